The monoisotopic (exact) mass is 515 g/mol. The molecule has 0 saturated heterocycles. The number of hydrogen-bond acceptors (Lipinski definition) is 7. The van der Waals surface area contributed by atoms with Crippen LogP contribution in [0.15, 0.2) is 4.99 Å². The first-order valence-electron chi connectivity index (χ1n) is 11.9. The molecule has 36 heavy (non-hydrogen) atoms. The summed E-state index contributed by atoms with van der Waals surface area (Å²) in [6, 6.07) is -4.60. The summed E-state index contributed by atoms with van der Waals surface area (Å²) in [5.74, 6) is -5.39. The highest BCUT2D eigenvalue weighted by atomic mass is 16.4. The molecule has 0 fully saturated rings. The van der Waals surface area contributed by atoms with E-state index in [9.17, 15) is 29.1 Å². The second-order valence-corrected chi connectivity index (χ2v) is 8.98. The molecule has 0 rings (SSSR count). The highest BCUT2D eigenvalue weighted by molar-refractivity contribution is 5.94. The van der Waals surface area contributed by atoms with Crippen LogP contribution in [0.5, 0.6) is 0 Å². The standard InChI is InChI=1S/C22H41N7O7/c1-5-12(4)16(23)20(34)28-14(8-9-15(30)31)18(32)27-13(7-6-10-26-22(24)25)19(33)29-17(11(2)3)21(35)36/h11-14,16-17H,5-10,23H2,1-4H3,(H,27,32)(H,28,34)(H,29,33)(H,30,31)(H,35,36)(H4,24,25,26). The number of rotatable bonds is 17. The van der Waals surface area contributed by atoms with Gasteiger partial charge in [-0.2, -0.15) is 0 Å². The van der Waals surface area contributed by atoms with E-state index in [1.54, 1.807) is 20.8 Å². The molecule has 11 N–H and O–H groups in total. The van der Waals surface area contributed by atoms with Crippen LogP contribution in [-0.2, 0) is 24.0 Å². The Kier molecular flexibility index (Phi) is 14.7. The van der Waals surface area contributed by atoms with E-state index in [0.717, 1.165) is 0 Å². The largest absolute Gasteiger partial charge is 0.481 e. The number of aliphatic carboxylic acids is 2. The SMILES string of the molecule is CCC(C)C(N)C(=O)NC(CCC(=O)O)C(=O)NC(CCCN=C(N)N)C(=O)NC(C(=O)O)C(C)C. The highest BCUT2D eigenvalue weighted by Gasteiger charge is 2.31. The molecule has 5 atom stereocenters. The Balaban J connectivity index is 5.72. The predicted molar refractivity (Wildman–Crippen MR) is 132 cm³/mol. The second-order valence-electron chi connectivity index (χ2n) is 8.98. The molecule has 0 aromatic rings. The van der Waals surface area contributed by atoms with Gasteiger partial charge in [0.15, 0.2) is 5.96 Å². The van der Waals surface area contributed by atoms with Crippen LogP contribution in [0.3, 0.4) is 0 Å². The third-order valence-corrected chi connectivity index (χ3v) is 5.65. The molecule has 0 aliphatic carbocycles. The number of carboxylic acid groups (broad SMARTS) is 2. The van der Waals surface area contributed by atoms with Crippen molar-refractivity contribution in [1.29, 1.82) is 0 Å². The minimum absolute atomic E-state index is 0.0464. The van der Waals surface area contributed by atoms with Gasteiger partial charge in [0.1, 0.15) is 18.1 Å². The summed E-state index contributed by atoms with van der Waals surface area (Å²) in [5.41, 5.74) is 16.5. The molecule has 0 aliphatic heterocycles. The zero-order chi connectivity index (χ0) is 28.0. The lowest BCUT2D eigenvalue weighted by Gasteiger charge is -2.26. The minimum Gasteiger partial charge on any atom is -0.481 e. The van der Waals surface area contributed by atoms with Crippen molar-refractivity contribution in [3.05, 3.63) is 0 Å². The van der Waals surface area contributed by atoms with Crippen molar-refractivity contribution >= 4 is 35.6 Å². The molecule has 0 radical (unpaired) electrons. The van der Waals surface area contributed by atoms with Crippen LogP contribution in [0, 0.1) is 11.8 Å². The number of aliphatic imine (C=N–C) groups is 1. The van der Waals surface area contributed by atoms with Crippen molar-refractivity contribution in [2.75, 3.05) is 6.54 Å². The summed E-state index contributed by atoms with van der Waals surface area (Å²) in [6.45, 7) is 6.99. The smallest absolute Gasteiger partial charge is 0.326 e. The Hall–Kier alpha value is -3.42. The Morgan fingerprint density at radius 1 is 0.861 bits per heavy atom. The number of carboxylic acids is 2. The fourth-order valence-electron chi connectivity index (χ4n) is 3.13. The Morgan fingerprint density at radius 3 is 1.86 bits per heavy atom. The zero-order valence-electron chi connectivity index (χ0n) is 21.3. The average Bonchev–Trinajstić information content (AvgIpc) is 2.79. The number of nitrogens with two attached hydrogens (primary N) is 3. The summed E-state index contributed by atoms with van der Waals surface area (Å²) in [4.78, 5) is 64.9. The van der Waals surface area contributed by atoms with Crippen molar-refractivity contribution in [1.82, 2.24) is 16.0 Å². The fourth-order valence-corrected chi connectivity index (χ4v) is 3.13. The highest BCUT2D eigenvalue weighted by Crippen LogP contribution is 2.09. The molecule has 206 valence electrons. The van der Waals surface area contributed by atoms with Gasteiger partial charge in [-0.05, 0) is 31.1 Å². The minimum atomic E-state index is -1.28. The number of hydrogen-bond donors (Lipinski definition) is 8. The number of carbonyl (C=O) groups excluding carboxylic acids is 3. The Labute approximate surface area is 210 Å². The number of nitrogens with zero attached hydrogens (tertiary/aromatic N) is 1. The molecule has 0 aromatic carbocycles. The lowest BCUT2D eigenvalue weighted by atomic mass is 9.98. The van der Waals surface area contributed by atoms with Crippen molar-refractivity contribution in [3.8, 4) is 0 Å². The van der Waals surface area contributed by atoms with Gasteiger partial charge < -0.3 is 43.4 Å². The van der Waals surface area contributed by atoms with Crippen LogP contribution >= 0.6 is 0 Å². The van der Waals surface area contributed by atoms with Gasteiger partial charge in [-0.25, -0.2) is 4.79 Å². The normalized spacial score (nSPS) is 15.1. The topological polar surface area (TPSA) is 252 Å². The molecule has 0 bridgehead atoms. The Morgan fingerprint density at radius 2 is 1.39 bits per heavy atom. The first-order chi connectivity index (χ1) is 16.7. The van der Waals surface area contributed by atoms with Gasteiger partial charge in [0.2, 0.25) is 17.7 Å². The van der Waals surface area contributed by atoms with Crippen LogP contribution < -0.4 is 33.2 Å². The van der Waals surface area contributed by atoms with Gasteiger partial charge in [-0.1, -0.05) is 34.1 Å². The molecule has 5 unspecified atom stereocenters. The third kappa shape index (κ3) is 12.3. The first-order valence-corrected chi connectivity index (χ1v) is 11.9. The predicted octanol–water partition coefficient (Wildman–Crippen LogP) is -1.53. The molecule has 0 aromatic heterocycles. The van der Waals surface area contributed by atoms with Crippen molar-refractivity contribution < 1.29 is 34.2 Å². The summed E-state index contributed by atoms with van der Waals surface area (Å²) in [6.07, 6.45) is 0.254. The molecule has 0 aliphatic rings. The average molecular weight is 516 g/mol. The summed E-state index contributed by atoms with van der Waals surface area (Å²) < 4.78 is 0. The van der Waals surface area contributed by atoms with Crippen LogP contribution in [0.1, 0.15) is 59.8 Å². The molecule has 0 saturated carbocycles. The number of nitrogens with one attached hydrogen (secondary N) is 3. The van der Waals surface area contributed by atoms with E-state index >= 15 is 0 Å². The van der Waals surface area contributed by atoms with Crippen LogP contribution in [-0.4, -0.2) is 76.5 Å². The van der Waals surface area contributed by atoms with Gasteiger partial charge in [0.25, 0.3) is 0 Å². The van der Waals surface area contributed by atoms with Crippen molar-refractivity contribution in [2.45, 2.75) is 84.0 Å². The summed E-state index contributed by atoms with van der Waals surface area (Å²) in [5, 5.41) is 25.8. The van der Waals surface area contributed by atoms with Crippen LogP contribution in [0.4, 0.5) is 0 Å². The third-order valence-electron chi connectivity index (χ3n) is 5.65. The molecule has 14 nitrogen and oxygen atoms in total. The zero-order valence-corrected chi connectivity index (χ0v) is 21.3. The fraction of sp³-hybridized carbons (Fsp3) is 0.727. The molecule has 0 spiro atoms. The van der Waals surface area contributed by atoms with Crippen LogP contribution in [0.2, 0.25) is 0 Å². The van der Waals surface area contributed by atoms with E-state index in [4.69, 9.17) is 22.3 Å². The quantitative estimate of drug-likeness (QED) is 0.0630. The molecule has 3 amide bonds. The Bertz CT molecular complexity index is 800. The van der Waals surface area contributed by atoms with Crippen LogP contribution in [0.25, 0.3) is 0 Å². The van der Waals surface area contributed by atoms with Gasteiger partial charge in [-0.15, -0.1) is 0 Å². The molecule has 0 heterocycles. The first kappa shape index (κ1) is 32.6. The maximum Gasteiger partial charge on any atom is 0.326 e. The summed E-state index contributed by atoms with van der Waals surface area (Å²) >= 11 is 0. The maximum atomic E-state index is 13.0. The number of amides is 3. The maximum absolute atomic E-state index is 13.0. The van der Waals surface area contributed by atoms with Gasteiger partial charge in [0.05, 0.1) is 6.04 Å². The van der Waals surface area contributed by atoms with E-state index in [1.807, 2.05) is 6.92 Å². The van der Waals surface area contributed by atoms with Gasteiger partial charge in [-0.3, -0.25) is 24.2 Å². The molecular weight excluding hydrogens is 474 g/mol. The van der Waals surface area contributed by atoms with E-state index in [-0.39, 0.29) is 37.7 Å². The van der Waals surface area contributed by atoms with Crippen molar-refractivity contribution in [3.63, 3.8) is 0 Å². The number of guanidine groups is 1. The van der Waals surface area contributed by atoms with Gasteiger partial charge in [0, 0.05) is 13.0 Å². The molecular formula is C22H41N7O7. The lowest BCUT2D eigenvalue weighted by molar-refractivity contribution is -0.143. The van der Waals surface area contributed by atoms with Crippen molar-refractivity contribution in [2.24, 2.45) is 34.0 Å². The molecule has 14 heteroatoms. The number of carbonyl (C=O) groups is 5. The second kappa shape index (κ2) is 16.3. The lowest BCUT2D eigenvalue weighted by Crippen LogP contribution is -2.58. The summed E-state index contributed by atoms with van der Waals surface area (Å²) in [7, 11) is 0. The van der Waals surface area contributed by atoms with E-state index in [1.165, 1.54) is 0 Å². The van der Waals surface area contributed by atoms with Gasteiger partial charge >= 0.3 is 11.9 Å². The van der Waals surface area contributed by atoms with E-state index < -0.39 is 66.2 Å². The van der Waals surface area contributed by atoms with E-state index in [2.05, 4.69) is 20.9 Å². The van der Waals surface area contributed by atoms with E-state index in [0.29, 0.717) is 6.42 Å².